The number of rotatable bonds is 5. The van der Waals surface area contributed by atoms with Crippen molar-refractivity contribution in [1.82, 2.24) is 9.80 Å². The fourth-order valence-corrected chi connectivity index (χ4v) is 2.10. The van der Waals surface area contributed by atoms with E-state index in [1.807, 2.05) is 4.90 Å². The SMILES string of the molecule is O=S(=O)([O-])CCN1CCN(CCO)CC1.[K+]. The van der Waals surface area contributed by atoms with Crippen molar-refractivity contribution in [1.29, 1.82) is 0 Å². The Morgan fingerprint density at radius 1 is 1.06 bits per heavy atom. The number of β-amino-alcohol motifs (C(OH)–C–C–N with tert-alkyl or cyclic N) is 1. The van der Waals surface area contributed by atoms with Crippen LogP contribution >= 0.6 is 0 Å². The van der Waals surface area contributed by atoms with Gasteiger partial charge in [0.1, 0.15) is 0 Å². The van der Waals surface area contributed by atoms with Gasteiger partial charge in [0.05, 0.1) is 22.5 Å². The van der Waals surface area contributed by atoms with E-state index in [2.05, 4.69) is 4.90 Å². The average Bonchev–Trinajstić information content (AvgIpc) is 2.16. The molecule has 1 N–H and O–H groups in total. The first kappa shape index (κ1) is 17.4. The number of hydrogen-bond donors (Lipinski definition) is 1. The Bertz CT molecular complexity index is 278. The largest absolute Gasteiger partial charge is 1.00 e. The van der Waals surface area contributed by atoms with Crippen molar-refractivity contribution in [2.45, 2.75) is 0 Å². The molecule has 1 aliphatic rings. The van der Waals surface area contributed by atoms with Gasteiger partial charge in [-0.1, -0.05) is 0 Å². The number of aliphatic hydroxyl groups is 1. The normalized spacial score (nSPS) is 19.4. The number of aliphatic hydroxyl groups excluding tert-OH is 1. The first-order chi connectivity index (χ1) is 7.01. The fourth-order valence-electron chi connectivity index (χ4n) is 1.62. The van der Waals surface area contributed by atoms with Gasteiger partial charge in [-0.3, -0.25) is 9.80 Å². The van der Waals surface area contributed by atoms with E-state index in [1.165, 1.54) is 0 Å². The summed E-state index contributed by atoms with van der Waals surface area (Å²) in [4.78, 5) is 4.07. The molecule has 0 spiro atoms. The molecular formula is C8H17KN2O4S. The van der Waals surface area contributed by atoms with Crippen molar-refractivity contribution < 1.29 is 69.5 Å². The van der Waals surface area contributed by atoms with Crippen LogP contribution in [0.15, 0.2) is 0 Å². The quantitative estimate of drug-likeness (QED) is 0.400. The zero-order valence-corrected chi connectivity index (χ0v) is 13.6. The molecule has 8 heteroatoms. The molecule has 0 saturated carbocycles. The maximum atomic E-state index is 10.4. The van der Waals surface area contributed by atoms with Crippen LogP contribution in [0.1, 0.15) is 0 Å². The molecule has 0 atom stereocenters. The van der Waals surface area contributed by atoms with Crippen LogP contribution in [0, 0.1) is 0 Å². The standard InChI is InChI=1S/C8H18N2O4S.K/c11-7-5-9-1-3-10(4-2-9)6-8-15(12,13)14;/h11H,1-8H2,(H,12,13,14);/q;+1/p-1. The van der Waals surface area contributed by atoms with E-state index in [4.69, 9.17) is 5.11 Å². The molecule has 1 heterocycles. The summed E-state index contributed by atoms with van der Waals surface area (Å²) in [5.41, 5.74) is 0. The smallest absolute Gasteiger partial charge is 0.748 e. The molecule has 0 aliphatic carbocycles. The molecule has 0 aromatic rings. The van der Waals surface area contributed by atoms with Crippen LogP contribution in [-0.4, -0.2) is 79.5 Å². The maximum Gasteiger partial charge on any atom is 1.00 e. The zero-order valence-electron chi connectivity index (χ0n) is 9.63. The van der Waals surface area contributed by atoms with E-state index in [-0.39, 0.29) is 63.7 Å². The molecule has 6 nitrogen and oxygen atoms in total. The maximum absolute atomic E-state index is 10.4. The van der Waals surface area contributed by atoms with Crippen LogP contribution < -0.4 is 51.4 Å². The van der Waals surface area contributed by atoms with Crippen LogP contribution in [-0.2, 0) is 10.1 Å². The molecule has 1 fully saturated rings. The van der Waals surface area contributed by atoms with Crippen LogP contribution in [0.25, 0.3) is 0 Å². The predicted molar refractivity (Wildman–Crippen MR) is 54.5 cm³/mol. The van der Waals surface area contributed by atoms with Gasteiger partial charge in [-0.15, -0.1) is 0 Å². The third kappa shape index (κ3) is 7.69. The van der Waals surface area contributed by atoms with Gasteiger partial charge in [-0.05, 0) is 0 Å². The third-order valence-corrected chi connectivity index (χ3v) is 3.22. The summed E-state index contributed by atoms with van der Waals surface area (Å²) in [5.74, 6) is -0.312. The minimum absolute atomic E-state index is 0. The van der Waals surface area contributed by atoms with Crippen LogP contribution in [0.2, 0.25) is 0 Å². The summed E-state index contributed by atoms with van der Waals surface area (Å²) in [6.45, 7) is 4.28. The van der Waals surface area contributed by atoms with Gasteiger partial charge in [-0.25, -0.2) is 8.42 Å². The van der Waals surface area contributed by atoms with E-state index in [9.17, 15) is 13.0 Å². The Kier molecular flexibility index (Phi) is 9.27. The minimum Gasteiger partial charge on any atom is -0.748 e. The third-order valence-electron chi connectivity index (χ3n) is 2.54. The minimum atomic E-state index is -4.09. The van der Waals surface area contributed by atoms with Gasteiger partial charge >= 0.3 is 51.4 Å². The van der Waals surface area contributed by atoms with Crippen molar-refractivity contribution in [2.75, 3.05) is 51.6 Å². The molecule has 1 saturated heterocycles. The molecule has 0 bridgehead atoms. The average molecular weight is 276 g/mol. The molecule has 0 aromatic heterocycles. The molecule has 0 amide bonds. The summed E-state index contributed by atoms with van der Waals surface area (Å²) >= 11 is 0. The first-order valence-electron chi connectivity index (χ1n) is 5.00. The summed E-state index contributed by atoms with van der Waals surface area (Å²) in [7, 11) is -4.09. The van der Waals surface area contributed by atoms with Gasteiger partial charge in [0, 0.05) is 39.3 Å². The summed E-state index contributed by atoms with van der Waals surface area (Å²) in [6, 6.07) is 0. The van der Waals surface area contributed by atoms with Crippen molar-refractivity contribution >= 4 is 10.1 Å². The van der Waals surface area contributed by atoms with Gasteiger partial charge < -0.3 is 9.66 Å². The monoisotopic (exact) mass is 276 g/mol. The number of nitrogens with zero attached hydrogens (tertiary/aromatic N) is 2. The second kappa shape index (κ2) is 8.51. The van der Waals surface area contributed by atoms with E-state index in [1.54, 1.807) is 0 Å². The van der Waals surface area contributed by atoms with E-state index >= 15 is 0 Å². The fraction of sp³-hybridized carbons (Fsp3) is 1.00. The van der Waals surface area contributed by atoms with Crippen LogP contribution in [0.4, 0.5) is 0 Å². The Morgan fingerprint density at radius 2 is 1.50 bits per heavy atom. The molecule has 1 rings (SSSR count). The van der Waals surface area contributed by atoms with E-state index in [0.717, 1.165) is 26.2 Å². The van der Waals surface area contributed by atoms with Crippen LogP contribution in [0.3, 0.4) is 0 Å². The predicted octanol–water partition coefficient (Wildman–Crippen LogP) is -4.85. The van der Waals surface area contributed by atoms with Crippen molar-refractivity contribution in [3.63, 3.8) is 0 Å². The Morgan fingerprint density at radius 3 is 1.88 bits per heavy atom. The molecule has 16 heavy (non-hydrogen) atoms. The second-order valence-corrected chi connectivity index (χ2v) is 5.19. The summed E-state index contributed by atoms with van der Waals surface area (Å²) < 4.78 is 31.2. The molecule has 1 aliphatic heterocycles. The van der Waals surface area contributed by atoms with Crippen LogP contribution in [0.5, 0.6) is 0 Å². The second-order valence-electron chi connectivity index (χ2n) is 3.67. The Hall–Kier alpha value is 1.43. The summed E-state index contributed by atoms with van der Waals surface area (Å²) in [6.07, 6.45) is 0. The van der Waals surface area contributed by atoms with Crippen molar-refractivity contribution in [3.8, 4) is 0 Å². The first-order valence-corrected chi connectivity index (χ1v) is 6.58. The molecule has 90 valence electrons. The molecule has 0 aromatic carbocycles. The molecular weight excluding hydrogens is 259 g/mol. The van der Waals surface area contributed by atoms with Crippen molar-refractivity contribution in [3.05, 3.63) is 0 Å². The Labute approximate surface area is 139 Å². The molecule has 0 radical (unpaired) electrons. The van der Waals surface area contributed by atoms with E-state index < -0.39 is 10.1 Å². The van der Waals surface area contributed by atoms with E-state index in [0.29, 0.717) is 13.1 Å². The number of hydrogen-bond acceptors (Lipinski definition) is 6. The van der Waals surface area contributed by atoms with Gasteiger partial charge in [0.25, 0.3) is 0 Å². The van der Waals surface area contributed by atoms with Crippen molar-refractivity contribution in [2.24, 2.45) is 0 Å². The zero-order chi connectivity index (χ0) is 11.3. The Balaban J connectivity index is 0.00000225. The number of piperazine rings is 1. The molecule has 0 unspecified atom stereocenters. The van der Waals surface area contributed by atoms with Gasteiger partial charge in [0.15, 0.2) is 0 Å². The van der Waals surface area contributed by atoms with Gasteiger partial charge in [-0.2, -0.15) is 0 Å². The topological polar surface area (TPSA) is 83.9 Å². The van der Waals surface area contributed by atoms with Gasteiger partial charge in [0.2, 0.25) is 0 Å². The summed E-state index contributed by atoms with van der Waals surface area (Å²) in [5, 5.41) is 8.72.